The van der Waals surface area contributed by atoms with Crippen LogP contribution in [0.2, 0.25) is 0 Å². The normalized spacial score (nSPS) is 12.9. The zero-order valence-electron chi connectivity index (χ0n) is 7.11. The number of rotatable bonds is 3. The Morgan fingerprint density at radius 1 is 1.55 bits per heavy atom. The van der Waals surface area contributed by atoms with Gasteiger partial charge in [0.15, 0.2) is 0 Å². The van der Waals surface area contributed by atoms with Gasteiger partial charge in [0.25, 0.3) is 4.92 Å². The molecule has 0 aromatic heterocycles. The molecule has 3 nitrogen and oxygen atoms in total. The van der Waals surface area contributed by atoms with Crippen molar-refractivity contribution in [1.82, 2.24) is 0 Å². The second-order valence-corrected chi connectivity index (χ2v) is 2.61. The molecule has 11 heavy (non-hydrogen) atoms. The van der Waals surface area contributed by atoms with E-state index >= 15 is 0 Å². The molecule has 0 unspecified atom stereocenters. The maximum Gasteiger partial charge on any atom is 0.312 e. The molecule has 0 saturated carbocycles. The summed E-state index contributed by atoms with van der Waals surface area (Å²) in [4.78, 5) is 10.3. The van der Waals surface area contributed by atoms with Crippen LogP contribution in [0.3, 0.4) is 0 Å². The molecule has 0 aliphatic carbocycles. The van der Waals surface area contributed by atoms with Gasteiger partial charge in [0.05, 0.1) is 4.91 Å². The molecule has 0 fully saturated rings. The van der Waals surface area contributed by atoms with Gasteiger partial charge in [0.2, 0.25) is 0 Å². The highest BCUT2D eigenvalue weighted by atomic mass is 16.6. The lowest BCUT2D eigenvalue weighted by atomic mass is 10.2. The fourth-order valence-electron chi connectivity index (χ4n) is 0.695. The van der Waals surface area contributed by atoms with Crippen molar-refractivity contribution in [2.24, 2.45) is 5.92 Å². The summed E-state index contributed by atoms with van der Waals surface area (Å²) >= 11 is 0. The summed E-state index contributed by atoms with van der Waals surface area (Å²) in [7, 11) is 0. The fourth-order valence-corrected chi connectivity index (χ4v) is 0.695. The van der Waals surface area contributed by atoms with Gasteiger partial charge in [-0.15, -0.1) is 0 Å². The van der Waals surface area contributed by atoms with E-state index in [1.54, 1.807) is 25.2 Å². The van der Waals surface area contributed by atoms with E-state index in [0.29, 0.717) is 0 Å². The summed E-state index contributed by atoms with van der Waals surface area (Å²) in [5.41, 5.74) is 0.280. The minimum atomic E-state index is -0.125. The predicted octanol–water partition coefficient (Wildman–Crippen LogP) is 2.27. The van der Waals surface area contributed by atoms with Gasteiger partial charge >= 0.3 is 5.70 Å². The lowest BCUT2D eigenvalue weighted by molar-refractivity contribution is -0.752. The van der Waals surface area contributed by atoms with Crippen LogP contribution in [0, 0.1) is 10.8 Å². The third-order valence-corrected chi connectivity index (χ3v) is 1.06. The van der Waals surface area contributed by atoms with Crippen LogP contribution < -0.4 is 0 Å². The Labute approximate surface area is 66.6 Å². The van der Waals surface area contributed by atoms with E-state index in [4.69, 9.17) is 5.21 Å². The zero-order valence-corrected chi connectivity index (χ0v) is 7.11. The zero-order chi connectivity index (χ0) is 8.85. The summed E-state index contributed by atoms with van der Waals surface area (Å²) in [5, 5.41) is 8.55. The van der Waals surface area contributed by atoms with Crippen LogP contribution in [0.25, 0.3) is 0 Å². The van der Waals surface area contributed by atoms with Crippen LogP contribution in [0.4, 0.5) is 0 Å². The summed E-state index contributed by atoms with van der Waals surface area (Å²) in [6.45, 7) is 5.66. The summed E-state index contributed by atoms with van der Waals surface area (Å²) in [6, 6.07) is 0. The van der Waals surface area contributed by atoms with Gasteiger partial charge in [-0.05, 0) is 12.8 Å². The average Bonchev–Trinajstić information content (AvgIpc) is 1.86. The summed E-state index contributed by atoms with van der Waals surface area (Å²) in [6.07, 6.45) is 4.95. The minimum absolute atomic E-state index is 0.125. The second-order valence-electron chi connectivity index (χ2n) is 2.61. The first-order chi connectivity index (χ1) is 5.07. The quantitative estimate of drug-likeness (QED) is 0.503. The molecule has 0 radical (unpaired) electrons. The monoisotopic (exact) mass is 156 g/mol. The first-order valence-electron chi connectivity index (χ1n) is 3.58. The molecule has 0 atom stereocenters. The van der Waals surface area contributed by atoms with E-state index in [-0.39, 0.29) is 16.5 Å². The predicted molar refractivity (Wildman–Crippen MR) is 43.1 cm³/mol. The van der Waals surface area contributed by atoms with Gasteiger partial charge in [-0.3, -0.25) is 0 Å². The van der Waals surface area contributed by atoms with E-state index in [2.05, 4.69) is 0 Å². The van der Waals surface area contributed by atoms with Crippen molar-refractivity contribution in [2.75, 3.05) is 0 Å². The molecule has 0 aromatic carbocycles. The van der Waals surface area contributed by atoms with E-state index in [1.165, 1.54) is 0 Å². The van der Waals surface area contributed by atoms with Crippen molar-refractivity contribution in [3.63, 3.8) is 0 Å². The highest BCUT2D eigenvalue weighted by Crippen LogP contribution is 2.03. The van der Waals surface area contributed by atoms with Crippen molar-refractivity contribution >= 4 is 0 Å². The molecule has 0 aliphatic rings. The lowest BCUT2D eigenvalue weighted by Crippen LogP contribution is -2.00. The van der Waals surface area contributed by atoms with Crippen LogP contribution >= 0.6 is 0 Å². The standard InChI is InChI=1S/C8H14NO2/c1-4-5-8(9(10)11)6-7(2)3/h4-7H,1-3H3,(H,10,11)/q+1/b5-4-,8-6+. The maximum atomic E-state index is 10.4. The molecule has 1 N–H and O–H groups in total. The van der Waals surface area contributed by atoms with Crippen LogP contribution in [0.1, 0.15) is 20.8 Å². The van der Waals surface area contributed by atoms with E-state index in [1.807, 2.05) is 13.8 Å². The lowest BCUT2D eigenvalue weighted by Gasteiger charge is -1.90. The largest absolute Gasteiger partial charge is 0.312 e. The van der Waals surface area contributed by atoms with Crippen molar-refractivity contribution in [2.45, 2.75) is 20.8 Å². The summed E-state index contributed by atoms with van der Waals surface area (Å²) in [5.74, 6) is 0.254. The second kappa shape index (κ2) is 4.66. The highest BCUT2D eigenvalue weighted by molar-refractivity contribution is 5.09. The van der Waals surface area contributed by atoms with Crippen LogP contribution in [0.5, 0.6) is 0 Å². The Bertz CT molecular complexity index is 192. The van der Waals surface area contributed by atoms with Gasteiger partial charge in [0.1, 0.15) is 0 Å². The fraction of sp³-hybridized carbons (Fsp3) is 0.500. The van der Waals surface area contributed by atoms with E-state index in [9.17, 15) is 4.91 Å². The molecular weight excluding hydrogens is 142 g/mol. The van der Waals surface area contributed by atoms with Gasteiger partial charge in [-0.1, -0.05) is 19.9 Å². The van der Waals surface area contributed by atoms with E-state index < -0.39 is 0 Å². The SMILES string of the molecule is C/C=C\C(=C/C(C)C)[N+](=O)O. The van der Waals surface area contributed by atoms with Crippen molar-refractivity contribution < 1.29 is 10.1 Å². The minimum Gasteiger partial charge on any atom is -0.241 e. The first kappa shape index (κ1) is 9.88. The van der Waals surface area contributed by atoms with Crippen molar-refractivity contribution in [1.29, 1.82) is 0 Å². The third-order valence-electron chi connectivity index (χ3n) is 1.06. The number of hydrogen-bond donors (Lipinski definition) is 1. The Kier molecular flexibility index (Phi) is 4.18. The van der Waals surface area contributed by atoms with Crippen LogP contribution in [-0.2, 0) is 0 Å². The Balaban J connectivity index is 4.46. The average molecular weight is 156 g/mol. The summed E-state index contributed by atoms with van der Waals surface area (Å²) < 4.78 is 0. The van der Waals surface area contributed by atoms with Crippen LogP contribution in [0.15, 0.2) is 23.9 Å². The van der Waals surface area contributed by atoms with Crippen LogP contribution in [-0.4, -0.2) is 10.1 Å². The molecule has 3 heteroatoms. The Morgan fingerprint density at radius 2 is 2.09 bits per heavy atom. The molecule has 0 amide bonds. The molecule has 0 saturated heterocycles. The van der Waals surface area contributed by atoms with Gasteiger partial charge in [-0.25, -0.2) is 5.21 Å². The van der Waals surface area contributed by atoms with Gasteiger partial charge in [0, 0.05) is 12.2 Å². The molecule has 0 spiro atoms. The molecule has 0 aliphatic heterocycles. The third kappa shape index (κ3) is 4.31. The molecule has 62 valence electrons. The molecular formula is C8H14NO2+. The maximum absolute atomic E-state index is 10.4. The topological polar surface area (TPSA) is 40.3 Å². The Morgan fingerprint density at radius 3 is 2.36 bits per heavy atom. The van der Waals surface area contributed by atoms with Crippen molar-refractivity contribution in [3.8, 4) is 0 Å². The highest BCUT2D eigenvalue weighted by Gasteiger charge is 2.11. The first-order valence-corrected chi connectivity index (χ1v) is 3.58. The molecule has 0 bridgehead atoms. The molecule has 0 aromatic rings. The number of allylic oxidation sites excluding steroid dienone is 3. The number of hydrogen-bond acceptors (Lipinski definition) is 1. The van der Waals surface area contributed by atoms with Gasteiger partial charge in [-0.2, -0.15) is 0 Å². The smallest absolute Gasteiger partial charge is 0.241 e. The Hall–Kier alpha value is -1.12. The van der Waals surface area contributed by atoms with Gasteiger partial charge < -0.3 is 0 Å². The van der Waals surface area contributed by atoms with Crippen molar-refractivity contribution in [3.05, 3.63) is 28.8 Å². The molecule has 0 rings (SSSR count). The van der Waals surface area contributed by atoms with E-state index in [0.717, 1.165) is 0 Å². The number of nitrogens with zero attached hydrogens (tertiary/aromatic N) is 1. The molecule has 0 heterocycles.